The first kappa shape index (κ1) is 9.04. The van der Waals surface area contributed by atoms with Crippen LogP contribution in [0.4, 0.5) is 0 Å². The fourth-order valence-corrected chi connectivity index (χ4v) is 1.27. The zero-order valence-electron chi connectivity index (χ0n) is 7.54. The maximum atomic E-state index is 11.1. The molecule has 1 unspecified atom stereocenters. The predicted molar refractivity (Wildman–Crippen MR) is 46.9 cm³/mol. The van der Waals surface area contributed by atoms with Crippen molar-refractivity contribution in [2.75, 3.05) is 0 Å². The number of carbonyl (C=O) groups is 1. The van der Waals surface area contributed by atoms with Crippen LogP contribution in [0.25, 0.3) is 0 Å². The van der Waals surface area contributed by atoms with E-state index in [2.05, 4.69) is 0 Å². The number of Topliss-reactive ketones (excluding diaryl/α,β-unsaturated/α-hetero) is 1. The third-order valence-corrected chi connectivity index (χ3v) is 2.13. The smallest absolute Gasteiger partial charge is 0.133 e. The Hall–Kier alpha value is -1.05. The fourth-order valence-electron chi connectivity index (χ4n) is 1.27. The van der Waals surface area contributed by atoms with Crippen LogP contribution in [-0.4, -0.2) is 5.78 Å². The molecule has 1 aromatic heterocycles. The molecule has 0 saturated carbocycles. The third-order valence-electron chi connectivity index (χ3n) is 2.13. The van der Waals surface area contributed by atoms with Gasteiger partial charge in [0.1, 0.15) is 5.78 Å². The monoisotopic (exact) mass is 166 g/mol. The van der Waals surface area contributed by atoms with Gasteiger partial charge in [0.05, 0.1) is 12.5 Å². The van der Waals surface area contributed by atoms with Crippen molar-refractivity contribution in [2.45, 2.75) is 26.7 Å². The molecule has 2 heteroatoms. The Bertz CT molecular complexity index is 236. The van der Waals surface area contributed by atoms with Crippen molar-refractivity contribution in [1.29, 1.82) is 0 Å². The molecule has 0 aliphatic rings. The molecular formula is C10H14O2. The highest BCUT2D eigenvalue weighted by Crippen LogP contribution is 2.13. The molecule has 0 aliphatic carbocycles. The Morgan fingerprint density at radius 1 is 1.67 bits per heavy atom. The summed E-state index contributed by atoms with van der Waals surface area (Å²) < 4.78 is 4.93. The van der Waals surface area contributed by atoms with E-state index in [1.54, 1.807) is 19.5 Å². The van der Waals surface area contributed by atoms with Gasteiger partial charge in [0.2, 0.25) is 0 Å². The molecule has 1 atom stereocenters. The molecule has 0 aliphatic heterocycles. The zero-order chi connectivity index (χ0) is 8.97. The van der Waals surface area contributed by atoms with Gasteiger partial charge in [-0.1, -0.05) is 6.92 Å². The van der Waals surface area contributed by atoms with Gasteiger partial charge in [-0.25, -0.2) is 0 Å². The van der Waals surface area contributed by atoms with Gasteiger partial charge < -0.3 is 4.42 Å². The van der Waals surface area contributed by atoms with Crippen LogP contribution in [0.15, 0.2) is 23.0 Å². The van der Waals surface area contributed by atoms with E-state index in [0.717, 1.165) is 18.4 Å². The molecule has 0 amide bonds. The first-order valence-electron chi connectivity index (χ1n) is 4.25. The van der Waals surface area contributed by atoms with E-state index in [1.807, 2.05) is 13.0 Å². The van der Waals surface area contributed by atoms with Crippen LogP contribution in [0.5, 0.6) is 0 Å². The van der Waals surface area contributed by atoms with Gasteiger partial charge in [-0.05, 0) is 31.4 Å². The minimum atomic E-state index is 0.155. The molecule has 1 rings (SSSR count). The van der Waals surface area contributed by atoms with E-state index in [-0.39, 0.29) is 11.7 Å². The summed E-state index contributed by atoms with van der Waals surface area (Å²) in [6, 6.07) is 1.91. The summed E-state index contributed by atoms with van der Waals surface area (Å²) in [7, 11) is 0. The van der Waals surface area contributed by atoms with Crippen molar-refractivity contribution in [3.8, 4) is 0 Å². The molecule has 0 N–H and O–H groups in total. The molecule has 0 saturated heterocycles. The third kappa shape index (κ3) is 2.22. The molecule has 2 nitrogen and oxygen atoms in total. The molecule has 0 fully saturated rings. The van der Waals surface area contributed by atoms with Crippen LogP contribution in [0.2, 0.25) is 0 Å². The minimum absolute atomic E-state index is 0.155. The Morgan fingerprint density at radius 2 is 2.42 bits per heavy atom. The molecule has 66 valence electrons. The van der Waals surface area contributed by atoms with E-state index in [9.17, 15) is 4.79 Å². The lowest BCUT2D eigenvalue weighted by atomic mass is 9.95. The summed E-state index contributed by atoms with van der Waals surface area (Å²) in [5, 5.41) is 0. The fraction of sp³-hybridized carbons (Fsp3) is 0.500. The van der Waals surface area contributed by atoms with Gasteiger partial charge in [-0.2, -0.15) is 0 Å². The number of hydrogen-bond donors (Lipinski definition) is 0. The predicted octanol–water partition coefficient (Wildman–Crippen LogP) is 2.44. The van der Waals surface area contributed by atoms with Gasteiger partial charge in [-0.3, -0.25) is 4.79 Å². The quantitative estimate of drug-likeness (QED) is 0.687. The van der Waals surface area contributed by atoms with Crippen LogP contribution < -0.4 is 0 Å². The standard InChI is InChI=1S/C10H14O2/c1-3-10(8(2)11)6-9-4-5-12-7-9/h4-5,7,10H,3,6H2,1-2H3. The van der Waals surface area contributed by atoms with Crippen molar-refractivity contribution in [1.82, 2.24) is 0 Å². The van der Waals surface area contributed by atoms with Crippen molar-refractivity contribution < 1.29 is 9.21 Å². The lowest BCUT2D eigenvalue weighted by Gasteiger charge is -2.08. The van der Waals surface area contributed by atoms with Crippen LogP contribution in [0.3, 0.4) is 0 Å². The second-order valence-corrected chi connectivity index (χ2v) is 3.05. The molecule has 1 heterocycles. The van der Waals surface area contributed by atoms with Gasteiger partial charge >= 0.3 is 0 Å². The highest BCUT2D eigenvalue weighted by Gasteiger charge is 2.12. The number of carbonyl (C=O) groups excluding carboxylic acids is 1. The maximum Gasteiger partial charge on any atom is 0.133 e. The highest BCUT2D eigenvalue weighted by molar-refractivity contribution is 5.78. The first-order valence-corrected chi connectivity index (χ1v) is 4.25. The Kier molecular flexibility index (Phi) is 3.09. The topological polar surface area (TPSA) is 30.2 Å². The summed E-state index contributed by atoms with van der Waals surface area (Å²) in [6.07, 6.45) is 5.05. The van der Waals surface area contributed by atoms with Gasteiger partial charge in [0, 0.05) is 5.92 Å². The highest BCUT2D eigenvalue weighted by atomic mass is 16.3. The van der Waals surface area contributed by atoms with E-state index < -0.39 is 0 Å². The summed E-state index contributed by atoms with van der Waals surface area (Å²) in [5.41, 5.74) is 1.11. The summed E-state index contributed by atoms with van der Waals surface area (Å²) in [5.74, 6) is 0.418. The van der Waals surface area contributed by atoms with Gasteiger partial charge in [-0.15, -0.1) is 0 Å². The van der Waals surface area contributed by atoms with Crippen LogP contribution in [0, 0.1) is 5.92 Å². The lowest BCUT2D eigenvalue weighted by Crippen LogP contribution is -2.12. The van der Waals surface area contributed by atoms with Crippen molar-refractivity contribution >= 4 is 5.78 Å². The van der Waals surface area contributed by atoms with E-state index in [1.165, 1.54) is 0 Å². The number of rotatable bonds is 4. The number of furan rings is 1. The average molecular weight is 166 g/mol. The zero-order valence-corrected chi connectivity index (χ0v) is 7.54. The van der Waals surface area contributed by atoms with Crippen molar-refractivity contribution in [3.63, 3.8) is 0 Å². The van der Waals surface area contributed by atoms with Crippen LogP contribution in [-0.2, 0) is 11.2 Å². The number of ketones is 1. The second-order valence-electron chi connectivity index (χ2n) is 3.05. The van der Waals surface area contributed by atoms with Crippen LogP contribution in [0.1, 0.15) is 25.8 Å². The van der Waals surface area contributed by atoms with Gasteiger partial charge in [0.15, 0.2) is 0 Å². The Morgan fingerprint density at radius 3 is 2.83 bits per heavy atom. The molecule has 0 bridgehead atoms. The molecule has 1 aromatic rings. The molecule has 0 radical (unpaired) electrons. The average Bonchev–Trinajstić information content (AvgIpc) is 2.51. The van der Waals surface area contributed by atoms with E-state index in [4.69, 9.17) is 4.42 Å². The Balaban J connectivity index is 2.54. The lowest BCUT2D eigenvalue weighted by molar-refractivity contribution is -0.120. The normalized spacial score (nSPS) is 12.8. The first-order chi connectivity index (χ1) is 5.74. The van der Waals surface area contributed by atoms with Crippen molar-refractivity contribution in [2.24, 2.45) is 5.92 Å². The SMILES string of the molecule is CCC(Cc1ccoc1)C(C)=O. The Labute approximate surface area is 72.6 Å². The van der Waals surface area contributed by atoms with E-state index >= 15 is 0 Å². The second kappa shape index (κ2) is 4.10. The van der Waals surface area contributed by atoms with Gasteiger partial charge in [0.25, 0.3) is 0 Å². The molecular weight excluding hydrogens is 152 g/mol. The van der Waals surface area contributed by atoms with Crippen molar-refractivity contribution in [3.05, 3.63) is 24.2 Å². The molecule has 12 heavy (non-hydrogen) atoms. The summed E-state index contributed by atoms with van der Waals surface area (Å²) in [6.45, 7) is 3.68. The molecule has 0 spiro atoms. The number of hydrogen-bond acceptors (Lipinski definition) is 2. The maximum absolute atomic E-state index is 11.1. The minimum Gasteiger partial charge on any atom is -0.472 e. The molecule has 0 aromatic carbocycles. The summed E-state index contributed by atoms with van der Waals surface area (Å²) >= 11 is 0. The summed E-state index contributed by atoms with van der Waals surface area (Å²) in [4.78, 5) is 11.1. The van der Waals surface area contributed by atoms with Crippen LogP contribution >= 0.6 is 0 Å². The largest absolute Gasteiger partial charge is 0.472 e. The van der Waals surface area contributed by atoms with E-state index in [0.29, 0.717) is 0 Å².